The van der Waals surface area contributed by atoms with E-state index in [-0.39, 0.29) is 6.10 Å². The third kappa shape index (κ3) is 4.46. The highest BCUT2D eigenvalue weighted by atomic mass is 32.2. The first-order valence-electron chi connectivity index (χ1n) is 7.57. The smallest absolute Gasteiger partial charge is 0.156 e. The minimum absolute atomic E-state index is 0.242. The Balaban J connectivity index is 1.46. The van der Waals surface area contributed by atoms with Crippen LogP contribution in [0, 0.1) is 0 Å². The van der Waals surface area contributed by atoms with E-state index in [1.807, 2.05) is 11.8 Å². The third-order valence-electron chi connectivity index (χ3n) is 3.85. The molecule has 0 radical (unpaired) electrons. The number of rotatable bonds is 4. The van der Waals surface area contributed by atoms with Gasteiger partial charge in [0.2, 0.25) is 0 Å². The lowest BCUT2D eigenvalue weighted by atomic mass is 10.1. The Labute approximate surface area is 131 Å². The monoisotopic (exact) mass is 305 g/mol. The summed E-state index contributed by atoms with van der Waals surface area (Å²) < 4.78 is 5.74. The summed E-state index contributed by atoms with van der Waals surface area (Å²) in [6.45, 7) is 3.59. The van der Waals surface area contributed by atoms with Gasteiger partial charge in [-0.2, -0.15) is 0 Å². The highest BCUT2D eigenvalue weighted by Gasteiger charge is 2.22. The Hall–Kier alpha value is -1.04. The van der Waals surface area contributed by atoms with Gasteiger partial charge in [0, 0.05) is 24.9 Å². The van der Waals surface area contributed by atoms with Crippen LogP contribution in [0.5, 0.6) is 0 Å². The van der Waals surface area contributed by atoms with Crippen LogP contribution in [0.4, 0.5) is 0 Å². The predicted molar refractivity (Wildman–Crippen MR) is 89.1 cm³/mol. The lowest BCUT2D eigenvalue weighted by Crippen LogP contribution is -2.41. The minimum atomic E-state index is 0.242. The van der Waals surface area contributed by atoms with Gasteiger partial charge in [-0.1, -0.05) is 42.1 Å². The van der Waals surface area contributed by atoms with Crippen molar-refractivity contribution in [3.63, 3.8) is 0 Å². The molecule has 2 saturated heterocycles. The first-order valence-corrected chi connectivity index (χ1v) is 8.56. The van der Waals surface area contributed by atoms with Crippen LogP contribution in [-0.2, 0) is 11.2 Å². The molecule has 0 bridgehead atoms. The van der Waals surface area contributed by atoms with Crippen molar-refractivity contribution >= 4 is 16.9 Å². The highest BCUT2D eigenvalue weighted by molar-refractivity contribution is 8.14. The van der Waals surface area contributed by atoms with Crippen molar-refractivity contribution in [3.8, 4) is 0 Å². The number of morpholine rings is 1. The molecule has 2 unspecified atom stereocenters. The normalized spacial score (nSPS) is 28.7. The zero-order valence-electron chi connectivity index (χ0n) is 12.5. The lowest BCUT2D eigenvalue weighted by molar-refractivity contribution is -0.0135. The molecule has 0 aliphatic carbocycles. The number of nitrogens with one attached hydrogen (secondary N) is 1. The molecule has 0 saturated carbocycles. The fourth-order valence-electron chi connectivity index (χ4n) is 2.70. The van der Waals surface area contributed by atoms with Gasteiger partial charge in [0.15, 0.2) is 5.17 Å². The molecule has 0 aromatic heterocycles. The van der Waals surface area contributed by atoms with E-state index in [1.165, 1.54) is 5.56 Å². The second-order valence-electron chi connectivity index (χ2n) is 5.74. The molecule has 0 spiro atoms. The Morgan fingerprint density at radius 3 is 3.05 bits per heavy atom. The molecule has 5 heteroatoms. The van der Waals surface area contributed by atoms with E-state index in [4.69, 9.17) is 9.73 Å². The van der Waals surface area contributed by atoms with E-state index in [0.29, 0.717) is 6.04 Å². The van der Waals surface area contributed by atoms with Crippen molar-refractivity contribution in [1.29, 1.82) is 0 Å². The zero-order valence-corrected chi connectivity index (χ0v) is 13.3. The van der Waals surface area contributed by atoms with Crippen molar-refractivity contribution in [2.24, 2.45) is 4.99 Å². The number of likely N-dealkylation sites (N-methyl/N-ethyl adjacent to an activating group) is 1. The van der Waals surface area contributed by atoms with Gasteiger partial charge in [0.25, 0.3) is 0 Å². The van der Waals surface area contributed by atoms with Gasteiger partial charge in [-0.05, 0) is 19.0 Å². The zero-order chi connectivity index (χ0) is 14.5. The van der Waals surface area contributed by atoms with Crippen LogP contribution in [0.15, 0.2) is 35.3 Å². The van der Waals surface area contributed by atoms with Crippen molar-refractivity contribution in [3.05, 3.63) is 35.9 Å². The Morgan fingerprint density at radius 2 is 2.24 bits per heavy atom. The van der Waals surface area contributed by atoms with Gasteiger partial charge in [0.1, 0.15) is 0 Å². The number of aliphatic imine (C=N–C) groups is 1. The Bertz CT molecular complexity index is 480. The van der Waals surface area contributed by atoms with Crippen LogP contribution in [0.2, 0.25) is 0 Å². The molecule has 1 aromatic rings. The molecule has 0 amide bonds. The Kier molecular flexibility index (Phi) is 5.17. The molecule has 2 heterocycles. The molecule has 2 fully saturated rings. The van der Waals surface area contributed by atoms with Crippen molar-refractivity contribution < 1.29 is 4.74 Å². The largest absolute Gasteiger partial charge is 0.374 e. The van der Waals surface area contributed by atoms with Gasteiger partial charge in [0.05, 0.1) is 19.3 Å². The number of thioether (sulfide) groups is 1. The van der Waals surface area contributed by atoms with Crippen LogP contribution in [0.3, 0.4) is 0 Å². The van der Waals surface area contributed by atoms with Gasteiger partial charge >= 0.3 is 0 Å². The molecule has 1 aromatic carbocycles. The standard InChI is InChI=1S/C16H23N3OS/c1-19-7-8-20-15(11-19)10-17-16-18-14(12-21-16)9-13-5-3-2-4-6-13/h2-6,14-15H,7-12H2,1H3,(H,17,18). The maximum absolute atomic E-state index is 5.74. The highest BCUT2D eigenvalue weighted by Crippen LogP contribution is 2.17. The number of hydrogen-bond acceptors (Lipinski definition) is 4. The summed E-state index contributed by atoms with van der Waals surface area (Å²) in [7, 11) is 2.14. The molecule has 114 valence electrons. The van der Waals surface area contributed by atoms with Crippen LogP contribution in [0.25, 0.3) is 0 Å². The van der Waals surface area contributed by atoms with E-state index in [0.717, 1.165) is 43.6 Å². The summed E-state index contributed by atoms with van der Waals surface area (Å²) in [6, 6.07) is 11.1. The minimum Gasteiger partial charge on any atom is -0.374 e. The van der Waals surface area contributed by atoms with Gasteiger partial charge in [-0.15, -0.1) is 0 Å². The number of hydrogen-bond donors (Lipinski definition) is 1. The fourth-order valence-corrected chi connectivity index (χ4v) is 3.68. The summed E-state index contributed by atoms with van der Waals surface area (Å²) in [5.74, 6) is 1.10. The van der Waals surface area contributed by atoms with Crippen molar-refractivity contribution in [2.75, 3.05) is 39.0 Å². The van der Waals surface area contributed by atoms with Gasteiger partial charge in [-0.3, -0.25) is 4.99 Å². The molecule has 2 aliphatic heterocycles. The first-order chi connectivity index (χ1) is 10.3. The molecule has 3 rings (SSSR count). The summed E-state index contributed by atoms with van der Waals surface area (Å²) in [6.07, 6.45) is 1.31. The molecule has 2 aliphatic rings. The molecular formula is C16H23N3OS. The molecule has 4 nitrogen and oxygen atoms in total. The second-order valence-corrected chi connectivity index (χ2v) is 6.75. The maximum Gasteiger partial charge on any atom is 0.156 e. The predicted octanol–water partition coefficient (Wildman–Crippen LogP) is 1.62. The second kappa shape index (κ2) is 7.29. The topological polar surface area (TPSA) is 36.9 Å². The number of ether oxygens (including phenoxy) is 1. The summed E-state index contributed by atoms with van der Waals surface area (Å²) in [5.41, 5.74) is 1.38. The van der Waals surface area contributed by atoms with Crippen molar-refractivity contribution in [1.82, 2.24) is 10.2 Å². The van der Waals surface area contributed by atoms with E-state index in [9.17, 15) is 0 Å². The van der Waals surface area contributed by atoms with Crippen molar-refractivity contribution in [2.45, 2.75) is 18.6 Å². The SMILES string of the molecule is CN1CCOC(CN=C2NC(Cc3ccccc3)CS2)C1. The van der Waals surface area contributed by atoms with Gasteiger partial charge < -0.3 is 15.0 Å². The average molecular weight is 305 g/mol. The van der Waals surface area contributed by atoms with E-state index < -0.39 is 0 Å². The molecule has 21 heavy (non-hydrogen) atoms. The fraction of sp³-hybridized carbons (Fsp3) is 0.562. The quantitative estimate of drug-likeness (QED) is 0.917. The van der Waals surface area contributed by atoms with Crippen LogP contribution in [-0.4, -0.2) is 61.3 Å². The Morgan fingerprint density at radius 1 is 1.38 bits per heavy atom. The summed E-state index contributed by atoms with van der Waals surface area (Å²) >= 11 is 1.83. The number of nitrogens with zero attached hydrogens (tertiary/aromatic N) is 2. The maximum atomic E-state index is 5.74. The first kappa shape index (κ1) is 14.9. The summed E-state index contributed by atoms with van der Waals surface area (Å²) in [5, 5.41) is 4.61. The van der Waals surface area contributed by atoms with E-state index in [2.05, 4.69) is 47.6 Å². The van der Waals surface area contributed by atoms with Crippen LogP contribution < -0.4 is 5.32 Å². The summed E-state index contributed by atoms with van der Waals surface area (Å²) in [4.78, 5) is 7.00. The molecule has 2 atom stereocenters. The third-order valence-corrected chi connectivity index (χ3v) is 4.94. The number of benzene rings is 1. The van der Waals surface area contributed by atoms with E-state index in [1.54, 1.807) is 0 Å². The van der Waals surface area contributed by atoms with E-state index >= 15 is 0 Å². The van der Waals surface area contributed by atoms with Crippen LogP contribution >= 0.6 is 11.8 Å². The average Bonchev–Trinajstić information content (AvgIpc) is 2.94. The molecule has 1 N–H and O–H groups in total. The molecular weight excluding hydrogens is 282 g/mol. The number of amidine groups is 1. The lowest BCUT2D eigenvalue weighted by Gasteiger charge is -2.29. The van der Waals surface area contributed by atoms with Gasteiger partial charge in [-0.25, -0.2) is 0 Å². The van der Waals surface area contributed by atoms with Crippen LogP contribution in [0.1, 0.15) is 5.56 Å².